The number of rotatable bonds is 2. The van der Waals surface area contributed by atoms with Crippen LogP contribution in [-0.2, 0) is 9.53 Å². The zero-order chi connectivity index (χ0) is 16.6. The summed E-state index contributed by atoms with van der Waals surface area (Å²) in [5.41, 5.74) is 0.498. The zero-order valence-electron chi connectivity index (χ0n) is 13.9. The Kier molecular flexibility index (Phi) is 4.14. The molecule has 1 atom stereocenters. The van der Waals surface area contributed by atoms with E-state index in [-0.39, 0.29) is 35.6 Å². The molecule has 0 aliphatic carbocycles. The van der Waals surface area contributed by atoms with Gasteiger partial charge in [0, 0.05) is 37.2 Å². The van der Waals surface area contributed by atoms with Crippen molar-refractivity contribution in [3.05, 3.63) is 17.5 Å². The third-order valence-corrected chi connectivity index (χ3v) is 4.65. The fourth-order valence-corrected chi connectivity index (χ4v) is 3.38. The van der Waals surface area contributed by atoms with Crippen LogP contribution in [0.3, 0.4) is 0 Å². The Bertz CT molecular complexity index is 612. The maximum atomic E-state index is 12.5. The Labute approximate surface area is 135 Å². The topological polar surface area (TPSA) is 75.9 Å². The molecule has 1 aromatic rings. The number of carbonyl (C=O) groups excluding carboxylic acids is 2. The minimum atomic E-state index is -0.193. The second-order valence-electron chi connectivity index (χ2n) is 6.92. The number of likely N-dealkylation sites (tertiary alicyclic amines) is 1. The molecule has 7 heteroatoms. The molecule has 23 heavy (non-hydrogen) atoms. The molecule has 126 valence electrons. The van der Waals surface area contributed by atoms with Crippen molar-refractivity contribution >= 4 is 11.8 Å². The van der Waals surface area contributed by atoms with E-state index in [4.69, 9.17) is 9.26 Å². The van der Waals surface area contributed by atoms with Crippen LogP contribution in [0.15, 0.2) is 10.6 Å². The van der Waals surface area contributed by atoms with Gasteiger partial charge in [-0.2, -0.15) is 0 Å². The molecule has 2 saturated heterocycles. The Balaban J connectivity index is 1.74. The number of aromatic nitrogens is 1. The molecule has 2 amide bonds. The number of carbonyl (C=O) groups is 2. The Morgan fingerprint density at radius 1 is 1.39 bits per heavy atom. The van der Waals surface area contributed by atoms with Gasteiger partial charge in [0.15, 0.2) is 0 Å². The van der Waals surface area contributed by atoms with E-state index < -0.39 is 0 Å². The Morgan fingerprint density at radius 3 is 2.83 bits per heavy atom. The number of hydrogen-bond acceptors (Lipinski definition) is 5. The lowest BCUT2D eigenvalue weighted by molar-refractivity contribution is -0.135. The van der Waals surface area contributed by atoms with E-state index in [1.807, 2.05) is 18.7 Å². The van der Waals surface area contributed by atoms with Gasteiger partial charge in [0.05, 0.1) is 12.3 Å². The second kappa shape index (κ2) is 5.96. The monoisotopic (exact) mass is 321 g/mol. The fourth-order valence-electron chi connectivity index (χ4n) is 3.38. The van der Waals surface area contributed by atoms with Crippen molar-refractivity contribution in [2.45, 2.75) is 33.2 Å². The van der Waals surface area contributed by atoms with E-state index in [2.05, 4.69) is 5.16 Å². The molecule has 0 N–H and O–H groups in total. The van der Waals surface area contributed by atoms with Crippen molar-refractivity contribution in [1.82, 2.24) is 15.0 Å². The summed E-state index contributed by atoms with van der Waals surface area (Å²) < 4.78 is 10.7. The van der Waals surface area contributed by atoms with Crippen molar-refractivity contribution in [2.24, 2.45) is 5.41 Å². The zero-order valence-corrected chi connectivity index (χ0v) is 13.9. The van der Waals surface area contributed by atoms with Crippen molar-refractivity contribution in [2.75, 3.05) is 32.8 Å². The quantitative estimate of drug-likeness (QED) is 0.815. The molecule has 1 unspecified atom stereocenters. The van der Waals surface area contributed by atoms with E-state index in [1.54, 1.807) is 17.9 Å². The largest absolute Gasteiger partial charge is 0.371 e. The van der Waals surface area contributed by atoms with E-state index in [9.17, 15) is 9.59 Å². The Hall–Kier alpha value is -1.89. The molecule has 3 rings (SSSR count). The van der Waals surface area contributed by atoms with E-state index in [0.29, 0.717) is 31.9 Å². The van der Waals surface area contributed by atoms with Crippen LogP contribution in [0.5, 0.6) is 0 Å². The minimum Gasteiger partial charge on any atom is -0.371 e. The first-order valence-corrected chi connectivity index (χ1v) is 8.00. The lowest BCUT2D eigenvalue weighted by Gasteiger charge is -2.33. The molecule has 2 aliphatic heterocycles. The molecule has 0 aromatic carbocycles. The van der Waals surface area contributed by atoms with Gasteiger partial charge >= 0.3 is 0 Å². The molecular weight excluding hydrogens is 298 g/mol. The van der Waals surface area contributed by atoms with Crippen LogP contribution in [0.1, 0.15) is 36.5 Å². The predicted octanol–water partition coefficient (Wildman–Crippen LogP) is 1.08. The molecule has 7 nitrogen and oxygen atoms in total. The van der Waals surface area contributed by atoms with Gasteiger partial charge in [-0.05, 0) is 27.2 Å². The predicted molar refractivity (Wildman–Crippen MR) is 81.9 cm³/mol. The maximum Gasteiger partial charge on any atom is 0.292 e. The van der Waals surface area contributed by atoms with Gasteiger partial charge in [0.2, 0.25) is 11.7 Å². The lowest BCUT2D eigenvalue weighted by atomic mass is 9.87. The first-order valence-electron chi connectivity index (χ1n) is 8.00. The van der Waals surface area contributed by atoms with Gasteiger partial charge in [0.1, 0.15) is 6.61 Å². The molecule has 3 heterocycles. The van der Waals surface area contributed by atoms with Crippen molar-refractivity contribution in [3.8, 4) is 0 Å². The van der Waals surface area contributed by atoms with Crippen molar-refractivity contribution < 1.29 is 18.8 Å². The van der Waals surface area contributed by atoms with E-state index in [1.165, 1.54) is 0 Å². The van der Waals surface area contributed by atoms with Crippen LogP contribution in [0.2, 0.25) is 0 Å². The highest BCUT2D eigenvalue weighted by atomic mass is 16.5. The smallest absolute Gasteiger partial charge is 0.292 e. The van der Waals surface area contributed by atoms with Crippen LogP contribution in [0.25, 0.3) is 0 Å². The first kappa shape index (κ1) is 16.0. The average molecular weight is 321 g/mol. The number of nitrogens with zero attached hydrogens (tertiary/aromatic N) is 3. The first-order chi connectivity index (χ1) is 10.9. The highest BCUT2D eigenvalue weighted by Crippen LogP contribution is 2.35. The fraction of sp³-hybridized carbons (Fsp3) is 0.688. The normalized spacial score (nSPS) is 25.5. The van der Waals surface area contributed by atoms with Gasteiger partial charge in [-0.15, -0.1) is 0 Å². The summed E-state index contributed by atoms with van der Waals surface area (Å²) in [4.78, 5) is 28.3. The van der Waals surface area contributed by atoms with Crippen LogP contribution in [0.4, 0.5) is 0 Å². The maximum absolute atomic E-state index is 12.5. The molecule has 0 radical (unpaired) electrons. The minimum absolute atomic E-state index is 0.0208. The third-order valence-electron chi connectivity index (χ3n) is 4.65. The summed E-state index contributed by atoms with van der Waals surface area (Å²) in [5.74, 6) is 0.146. The summed E-state index contributed by atoms with van der Waals surface area (Å²) in [6.45, 7) is 8.26. The Morgan fingerprint density at radius 2 is 2.17 bits per heavy atom. The third kappa shape index (κ3) is 3.10. The lowest BCUT2D eigenvalue weighted by Crippen LogP contribution is -2.46. The SMILES string of the molecule is Cc1cc(C(=O)N2CCC3(COCC(=O)N(C(C)C)C3)C2)on1. The number of hydrogen-bond donors (Lipinski definition) is 0. The molecule has 2 aliphatic rings. The van der Waals surface area contributed by atoms with Crippen LogP contribution in [-0.4, -0.2) is 65.7 Å². The molecule has 2 fully saturated rings. The van der Waals surface area contributed by atoms with Crippen LogP contribution in [0, 0.1) is 12.3 Å². The summed E-state index contributed by atoms with van der Waals surface area (Å²) in [7, 11) is 0. The molecule has 1 aromatic heterocycles. The summed E-state index contributed by atoms with van der Waals surface area (Å²) in [6.07, 6.45) is 0.822. The number of aryl methyl sites for hydroxylation is 1. The van der Waals surface area contributed by atoms with Crippen molar-refractivity contribution in [3.63, 3.8) is 0 Å². The van der Waals surface area contributed by atoms with Crippen LogP contribution >= 0.6 is 0 Å². The van der Waals surface area contributed by atoms with E-state index in [0.717, 1.165) is 6.42 Å². The molecule has 1 spiro atoms. The van der Waals surface area contributed by atoms with Gasteiger partial charge in [-0.25, -0.2) is 0 Å². The standard InChI is InChI=1S/C16H23N3O4/c1-11(2)19-9-16(10-22-7-14(19)20)4-5-18(8-16)15(21)13-6-12(3)17-23-13/h6,11H,4-5,7-10H2,1-3H3. The summed E-state index contributed by atoms with van der Waals surface area (Å²) in [6, 6.07) is 1.78. The second-order valence-corrected chi connectivity index (χ2v) is 6.92. The molecular formula is C16H23N3O4. The molecule has 0 saturated carbocycles. The van der Waals surface area contributed by atoms with E-state index >= 15 is 0 Å². The van der Waals surface area contributed by atoms with Gasteiger partial charge in [0.25, 0.3) is 5.91 Å². The number of ether oxygens (including phenoxy) is 1. The van der Waals surface area contributed by atoms with Crippen LogP contribution < -0.4 is 0 Å². The summed E-state index contributed by atoms with van der Waals surface area (Å²) >= 11 is 0. The van der Waals surface area contributed by atoms with Gasteiger partial charge < -0.3 is 19.1 Å². The highest BCUT2D eigenvalue weighted by molar-refractivity contribution is 5.91. The average Bonchev–Trinajstić information content (AvgIpc) is 3.06. The highest BCUT2D eigenvalue weighted by Gasteiger charge is 2.45. The van der Waals surface area contributed by atoms with Crippen molar-refractivity contribution in [1.29, 1.82) is 0 Å². The van der Waals surface area contributed by atoms with Gasteiger partial charge in [-0.1, -0.05) is 5.16 Å². The number of amides is 2. The molecule has 0 bridgehead atoms. The summed E-state index contributed by atoms with van der Waals surface area (Å²) in [5, 5.41) is 3.77. The van der Waals surface area contributed by atoms with Gasteiger partial charge in [-0.3, -0.25) is 9.59 Å².